The number of aliphatic hydroxyl groups is 1. The summed E-state index contributed by atoms with van der Waals surface area (Å²) in [5.74, 6) is 0.0553. The second-order valence-corrected chi connectivity index (χ2v) is 5.75. The van der Waals surface area contributed by atoms with Gasteiger partial charge in [0, 0.05) is 44.8 Å². The second-order valence-electron chi connectivity index (χ2n) is 5.75. The van der Waals surface area contributed by atoms with Crippen molar-refractivity contribution in [2.24, 2.45) is 5.41 Å². The predicted molar refractivity (Wildman–Crippen MR) is 77.9 cm³/mol. The first-order chi connectivity index (χ1) is 8.84. The Bertz CT molecular complexity index is 430. The van der Waals surface area contributed by atoms with E-state index in [1.165, 1.54) is 0 Å². The number of benzene rings is 1. The highest BCUT2D eigenvalue weighted by molar-refractivity contribution is 5.72. The Balaban J connectivity index is 2.64. The lowest BCUT2D eigenvalue weighted by Crippen LogP contribution is -2.27. The summed E-state index contributed by atoms with van der Waals surface area (Å²) in [6, 6.07) is 8.00. The number of nitrogens with zero attached hydrogens (tertiary/aromatic N) is 1. The lowest BCUT2D eigenvalue weighted by atomic mass is 9.95. The van der Waals surface area contributed by atoms with E-state index in [2.05, 4.69) is 5.32 Å². The standard InChI is InChI=1S/C15H24N2O2/c1-12(19)17(4)9-13-6-5-7-14(8-13)16-10-15(2,3)11-18/h5-8,16,18H,9-11H2,1-4H3. The van der Waals surface area contributed by atoms with E-state index < -0.39 is 0 Å². The second kappa shape index (κ2) is 6.57. The monoisotopic (exact) mass is 264 g/mol. The van der Waals surface area contributed by atoms with Crippen molar-refractivity contribution in [1.29, 1.82) is 0 Å². The van der Waals surface area contributed by atoms with Crippen molar-refractivity contribution in [3.05, 3.63) is 29.8 Å². The molecule has 0 atom stereocenters. The molecule has 0 saturated heterocycles. The van der Waals surface area contributed by atoms with Crippen molar-refractivity contribution in [3.8, 4) is 0 Å². The molecule has 1 amide bonds. The third-order valence-electron chi connectivity index (χ3n) is 3.08. The summed E-state index contributed by atoms with van der Waals surface area (Å²) in [7, 11) is 1.79. The van der Waals surface area contributed by atoms with Gasteiger partial charge in [-0.2, -0.15) is 0 Å². The van der Waals surface area contributed by atoms with E-state index in [0.717, 1.165) is 11.3 Å². The Morgan fingerprint density at radius 3 is 2.68 bits per heavy atom. The zero-order valence-electron chi connectivity index (χ0n) is 12.2. The number of rotatable bonds is 6. The molecule has 0 heterocycles. The fourth-order valence-corrected chi connectivity index (χ4v) is 1.56. The molecule has 0 fully saturated rings. The Labute approximate surface area is 115 Å². The average molecular weight is 264 g/mol. The van der Waals surface area contributed by atoms with Crippen molar-refractivity contribution in [1.82, 2.24) is 4.90 Å². The summed E-state index contributed by atoms with van der Waals surface area (Å²) in [6.07, 6.45) is 0. The minimum Gasteiger partial charge on any atom is -0.396 e. The van der Waals surface area contributed by atoms with E-state index in [9.17, 15) is 9.90 Å². The van der Waals surface area contributed by atoms with Crippen molar-refractivity contribution in [3.63, 3.8) is 0 Å². The van der Waals surface area contributed by atoms with Crippen molar-refractivity contribution in [2.45, 2.75) is 27.3 Å². The van der Waals surface area contributed by atoms with E-state index in [0.29, 0.717) is 13.1 Å². The molecule has 0 aliphatic rings. The van der Waals surface area contributed by atoms with E-state index >= 15 is 0 Å². The zero-order chi connectivity index (χ0) is 14.5. The number of hydrogen-bond acceptors (Lipinski definition) is 3. The summed E-state index contributed by atoms with van der Waals surface area (Å²) in [5.41, 5.74) is 1.95. The zero-order valence-corrected chi connectivity index (χ0v) is 12.2. The molecule has 1 aromatic carbocycles. The van der Waals surface area contributed by atoms with Crippen LogP contribution in [0.5, 0.6) is 0 Å². The van der Waals surface area contributed by atoms with Gasteiger partial charge in [0.25, 0.3) is 0 Å². The predicted octanol–water partition coefficient (Wildman–Crippen LogP) is 2.10. The topological polar surface area (TPSA) is 52.6 Å². The highest BCUT2D eigenvalue weighted by atomic mass is 16.3. The van der Waals surface area contributed by atoms with Gasteiger partial charge in [0.05, 0.1) is 0 Å². The number of nitrogens with one attached hydrogen (secondary N) is 1. The Morgan fingerprint density at radius 2 is 2.11 bits per heavy atom. The first-order valence-electron chi connectivity index (χ1n) is 6.49. The third kappa shape index (κ3) is 5.30. The van der Waals surface area contributed by atoms with Gasteiger partial charge in [-0.15, -0.1) is 0 Å². The number of carbonyl (C=O) groups is 1. The summed E-state index contributed by atoms with van der Waals surface area (Å²) in [6.45, 7) is 7.03. The van der Waals surface area contributed by atoms with Crippen LogP contribution >= 0.6 is 0 Å². The lowest BCUT2D eigenvalue weighted by Gasteiger charge is -2.23. The SMILES string of the molecule is CC(=O)N(C)Cc1cccc(NCC(C)(C)CO)c1. The molecule has 0 aliphatic heterocycles. The Hall–Kier alpha value is -1.55. The number of aliphatic hydroxyl groups excluding tert-OH is 1. The molecule has 2 N–H and O–H groups in total. The first-order valence-corrected chi connectivity index (χ1v) is 6.49. The van der Waals surface area contributed by atoms with Gasteiger partial charge in [-0.3, -0.25) is 4.79 Å². The number of amides is 1. The van der Waals surface area contributed by atoms with Crippen molar-refractivity contribution in [2.75, 3.05) is 25.5 Å². The third-order valence-corrected chi connectivity index (χ3v) is 3.08. The largest absolute Gasteiger partial charge is 0.396 e. The first kappa shape index (κ1) is 15.5. The molecule has 0 saturated carbocycles. The molecule has 1 aromatic rings. The van der Waals surface area contributed by atoms with E-state index in [4.69, 9.17) is 0 Å². The minimum atomic E-state index is -0.147. The fraction of sp³-hybridized carbons (Fsp3) is 0.533. The van der Waals surface area contributed by atoms with E-state index in [1.54, 1.807) is 18.9 Å². The van der Waals surface area contributed by atoms with Crippen LogP contribution in [0.4, 0.5) is 5.69 Å². The smallest absolute Gasteiger partial charge is 0.219 e. The van der Waals surface area contributed by atoms with Gasteiger partial charge in [-0.1, -0.05) is 26.0 Å². The maximum atomic E-state index is 11.2. The molecule has 0 unspecified atom stereocenters. The molecule has 19 heavy (non-hydrogen) atoms. The summed E-state index contributed by atoms with van der Waals surface area (Å²) >= 11 is 0. The molecule has 0 aliphatic carbocycles. The van der Waals surface area contributed by atoms with Gasteiger partial charge >= 0.3 is 0 Å². The van der Waals surface area contributed by atoms with Gasteiger partial charge < -0.3 is 15.3 Å². The van der Waals surface area contributed by atoms with Crippen LogP contribution < -0.4 is 5.32 Å². The normalized spacial score (nSPS) is 11.2. The fourth-order valence-electron chi connectivity index (χ4n) is 1.56. The van der Waals surface area contributed by atoms with Crippen LogP contribution in [-0.2, 0) is 11.3 Å². The van der Waals surface area contributed by atoms with Crippen LogP contribution in [0, 0.1) is 5.41 Å². The van der Waals surface area contributed by atoms with Crippen LogP contribution in [0.25, 0.3) is 0 Å². The van der Waals surface area contributed by atoms with Crippen molar-refractivity contribution < 1.29 is 9.90 Å². The molecule has 0 bridgehead atoms. The highest BCUT2D eigenvalue weighted by Crippen LogP contribution is 2.17. The number of anilines is 1. The van der Waals surface area contributed by atoms with Gasteiger partial charge in [0.2, 0.25) is 5.91 Å². The van der Waals surface area contributed by atoms with Gasteiger partial charge in [0.15, 0.2) is 0 Å². The molecule has 106 valence electrons. The van der Waals surface area contributed by atoms with Gasteiger partial charge in [-0.05, 0) is 17.7 Å². The summed E-state index contributed by atoms with van der Waals surface area (Å²) in [5, 5.41) is 12.5. The minimum absolute atomic E-state index is 0.0553. The van der Waals surface area contributed by atoms with Crippen LogP contribution in [0.1, 0.15) is 26.3 Å². The molecule has 0 radical (unpaired) electrons. The van der Waals surface area contributed by atoms with Gasteiger partial charge in [-0.25, -0.2) is 0 Å². The summed E-state index contributed by atoms with van der Waals surface area (Å²) < 4.78 is 0. The van der Waals surface area contributed by atoms with E-state index in [1.807, 2.05) is 38.1 Å². The maximum Gasteiger partial charge on any atom is 0.219 e. The molecule has 4 heteroatoms. The van der Waals surface area contributed by atoms with E-state index in [-0.39, 0.29) is 17.9 Å². The van der Waals surface area contributed by atoms with Crippen LogP contribution in [0.15, 0.2) is 24.3 Å². The summed E-state index contributed by atoms with van der Waals surface area (Å²) in [4.78, 5) is 12.9. The quantitative estimate of drug-likeness (QED) is 0.827. The Morgan fingerprint density at radius 1 is 1.42 bits per heavy atom. The van der Waals surface area contributed by atoms with Crippen LogP contribution in [-0.4, -0.2) is 36.1 Å². The number of carbonyl (C=O) groups excluding carboxylic acids is 1. The Kier molecular flexibility index (Phi) is 5.36. The number of hydrogen-bond donors (Lipinski definition) is 2. The van der Waals surface area contributed by atoms with Crippen LogP contribution in [0.2, 0.25) is 0 Å². The average Bonchev–Trinajstić information content (AvgIpc) is 2.37. The molecule has 1 rings (SSSR count). The lowest BCUT2D eigenvalue weighted by molar-refractivity contribution is -0.128. The molecule has 4 nitrogen and oxygen atoms in total. The highest BCUT2D eigenvalue weighted by Gasteiger charge is 2.15. The van der Waals surface area contributed by atoms with Gasteiger partial charge in [0.1, 0.15) is 0 Å². The molecule has 0 spiro atoms. The molecule has 0 aromatic heterocycles. The van der Waals surface area contributed by atoms with Crippen molar-refractivity contribution >= 4 is 11.6 Å². The molecular weight excluding hydrogens is 240 g/mol. The van der Waals surface area contributed by atoms with Crippen LogP contribution in [0.3, 0.4) is 0 Å². The molecular formula is C15H24N2O2. The maximum absolute atomic E-state index is 11.2.